The lowest BCUT2D eigenvalue weighted by Gasteiger charge is -2.02. The molecule has 0 atom stereocenters. The van der Waals surface area contributed by atoms with Crippen LogP contribution in [0.15, 0.2) is 93.8 Å². The SMILES string of the molecule is O=C(/C=C/c1ccc(-c2ccc(Br)cc2)o1)c1cccc2ccccc12. The van der Waals surface area contributed by atoms with Crippen molar-refractivity contribution in [2.45, 2.75) is 0 Å². The van der Waals surface area contributed by atoms with Crippen LogP contribution in [-0.2, 0) is 0 Å². The first-order chi connectivity index (χ1) is 12.7. The maximum absolute atomic E-state index is 12.6. The fourth-order valence-electron chi connectivity index (χ4n) is 2.90. The molecule has 0 aliphatic carbocycles. The summed E-state index contributed by atoms with van der Waals surface area (Å²) < 4.78 is 6.85. The molecule has 3 heteroatoms. The molecule has 1 heterocycles. The number of carbonyl (C=O) groups is 1. The van der Waals surface area contributed by atoms with Crippen LogP contribution in [0.2, 0.25) is 0 Å². The minimum absolute atomic E-state index is 0.0385. The second-order valence-electron chi connectivity index (χ2n) is 5.93. The van der Waals surface area contributed by atoms with Crippen molar-refractivity contribution in [1.82, 2.24) is 0 Å². The Morgan fingerprint density at radius 1 is 0.846 bits per heavy atom. The first kappa shape index (κ1) is 16.6. The fourth-order valence-corrected chi connectivity index (χ4v) is 3.16. The Kier molecular flexibility index (Phi) is 4.55. The highest BCUT2D eigenvalue weighted by atomic mass is 79.9. The van der Waals surface area contributed by atoms with Gasteiger partial charge >= 0.3 is 0 Å². The molecule has 0 fully saturated rings. The molecule has 0 aliphatic rings. The number of carbonyl (C=O) groups excluding carboxylic acids is 1. The lowest BCUT2D eigenvalue weighted by Crippen LogP contribution is -1.95. The highest BCUT2D eigenvalue weighted by molar-refractivity contribution is 9.10. The molecule has 0 bridgehead atoms. The van der Waals surface area contributed by atoms with Crippen LogP contribution in [0.5, 0.6) is 0 Å². The average molecular weight is 403 g/mol. The minimum Gasteiger partial charge on any atom is -0.457 e. The molecule has 4 rings (SSSR count). The van der Waals surface area contributed by atoms with Crippen molar-refractivity contribution in [2.24, 2.45) is 0 Å². The highest BCUT2D eigenvalue weighted by Crippen LogP contribution is 2.25. The van der Waals surface area contributed by atoms with Gasteiger partial charge in [0.15, 0.2) is 5.78 Å². The van der Waals surface area contributed by atoms with Gasteiger partial charge in [0, 0.05) is 15.6 Å². The lowest BCUT2D eigenvalue weighted by molar-refractivity contribution is 0.104. The van der Waals surface area contributed by atoms with Crippen molar-refractivity contribution in [2.75, 3.05) is 0 Å². The number of hydrogen-bond acceptors (Lipinski definition) is 2. The van der Waals surface area contributed by atoms with Gasteiger partial charge in [0.25, 0.3) is 0 Å². The van der Waals surface area contributed by atoms with Crippen LogP contribution in [0.1, 0.15) is 16.1 Å². The molecule has 0 spiro atoms. The summed E-state index contributed by atoms with van der Waals surface area (Å²) in [6, 6.07) is 25.3. The van der Waals surface area contributed by atoms with Crippen molar-refractivity contribution >= 4 is 38.6 Å². The average Bonchev–Trinajstić information content (AvgIpc) is 3.15. The summed E-state index contributed by atoms with van der Waals surface area (Å²) >= 11 is 3.42. The van der Waals surface area contributed by atoms with E-state index in [1.165, 1.54) is 0 Å². The molecular weight excluding hydrogens is 388 g/mol. The van der Waals surface area contributed by atoms with Gasteiger partial charge in [-0.1, -0.05) is 70.5 Å². The van der Waals surface area contributed by atoms with Crippen molar-refractivity contribution in [3.63, 3.8) is 0 Å². The molecule has 26 heavy (non-hydrogen) atoms. The summed E-state index contributed by atoms with van der Waals surface area (Å²) in [4.78, 5) is 12.6. The Bertz CT molecular complexity index is 1100. The van der Waals surface area contributed by atoms with Crippen LogP contribution in [0.4, 0.5) is 0 Å². The summed E-state index contributed by atoms with van der Waals surface area (Å²) in [5.74, 6) is 1.38. The third-order valence-electron chi connectivity index (χ3n) is 4.21. The molecule has 4 aromatic rings. The van der Waals surface area contributed by atoms with Gasteiger partial charge in [-0.3, -0.25) is 4.79 Å². The molecule has 1 aromatic heterocycles. The number of benzene rings is 3. The van der Waals surface area contributed by atoms with Gasteiger partial charge < -0.3 is 4.42 Å². The highest BCUT2D eigenvalue weighted by Gasteiger charge is 2.07. The van der Waals surface area contributed by atoms with Gasteiger partial charge in [0.05, 0.1) is 0 Å². The molecule has 0 radical (unpaired) electrons. The number of hydrogen-bond donors (Lipinski definition) is 0. The zero-order valence-corrected chi connectivity index (χ0v) is 15.4. The molecular formula is C23H15BrO2. The summed E-state index contributed by atoms with van der Waals surface area (Å²) in [7, 11) is 0. The predicted molar refractivity (Wildman–Crippen MR) is 109 cm³/mol. The summed E-state index contributed by atoms with van der Waals surface area (Å²) in [5.41, 5.74) is 1.69. The van der Waals surface area contributed by atoms with E-state index in [-0.39, 0.29) is 5.78 Å². The first-order valence-corrected chi connectivity index (χ1v) is 9.06. The van der Waals surface area contributed by atoms with E-state index >= 15 is 0 Å². The number of furan rings is 1. The Morgan fingerprint density at radius 2 is 1.62 bits per heavy atom. The van der Waals surface area contributed by atoms with Crippen molar-refractivity contribution in [1.29, 1.82) is 0 Å². The van der Waals surface area contributed by atoms with Crippen molar-refractivity contribution in [3.05, 3.63) is 101 Å². The molecule has 2 nitrogen and oxygen atoms in total. The Hall–Kier alpha value is -2.91. The van der Waals surface area contributed by atoms with Gasteiger partial charge in [-0.15, -0.1) is 0 Å². The summed E-state index contributed by atoms with van der Waals surface area (Å²) in [6.07, 6.45) is 3.28. The van der Waals surface area contributed by atoms with Gasteiger partial charge in [-0.2, -0.15) is 0 Å². The zero-order chi connectivity index (χ0) is 17.9. The minimum atomic E-state index is -0.0385. The molecule has 0 unspecified atom stereocenters. The van der Waals surface area contributed by atoms with E-state index in [1.807, 2.05) is 78.9 Å². The second kappa shape index (κ2) is 7.14. The molecule has 0 saturated heterocycles. The smallest absolute Gasteiger partial charge is 0.186 e. The van der Waals surface area contributed by atoms with E-state index in [1.54, 1.807) is 12.2 Å². The largest absolute Gasteiger partial charge is 0.457 e. The van der Waals surface area contributed by atoms with Crippen LogP contribution in [-0.4, -0.2) is 5.78 Å². The molecule has 0 aliphatic heterocycles. The summed E-state index contributed by atoms with van der Waals surface area (Å²) in [5, 5.41) is 2.02. The molecule has 0 saturated carbocycles. The molecule has 0 amide bonds. The van der Waals surface area contributed by atoms with Crippen molar-refractivity contribution < 1.29 is 9.21 Å². The van der Waals surface area contributed by atoms with Crippen LogP contribution < -0.4 is 0 Å². The maximum atomic E-state index is 12.6. The first-order valence-electron chi connectivity index (χ1n) is 8.27. The lowest BCUT2D eigenvalue weighted by atomic mass is 10.0. The van der Waals surface area contributed by atoms with Gasteiger partial charge in [-0.25, -0.2) is 0 Å². The van der Waals surface area contributed by atoms with Gasteiger partial charge in [-0.05, 0) is 47.2 Å². The monoisotopic (exact) mass is 402 g/mol. The van der Waals surface area contributed by atoms with E-state index < -0.39 is 0 Å². The number of ketones is 1. The van der Waals surface area contributed by atoms with E-state index in [0.717, 1.165) is 26.6 Å². The van der Waals surface area contributed by atoms with E-state index in [4.69, 9.17) is 4.42 Å². The van der Waals surface area contributed by atoms with E-state index in [2.05, 4.69) is 15.9 Å². The number of rotatable bonds is 4. The topological polar surface area (TPSA) is 30.2 Å². The molecule has 3 aromatic carbocycles. The van der Waals surface area contributed by atoms with Crippen LogP contribution in [0.25, 0.3) is 28.2 Å². The molecule has 126 valence electrons. The number of halogens is 1. The fraction of sp³-hybridized carbons (Fsp3) is 0. The van der Waals surface area contributed by atoms with Gasteiger partial charge in [0.2, 0.25) is 0 Å². The maximum Gasteiger partial charge on any atom is 0.186 e. The predicted octanol–water partition coefficient (Wildman–Crippen LogP) is 6.76. The third-order valence-corrected chi connectivity index (χ3v) is 4.74. The Labute approximate surface area is 159 Å². The van der Waals surface area contributed by atoms with Crippen molar-refractivity contribution in [3.8, 4) is 11.3 Å². The van der Waals surface area contributed by atoms with E-state index in [0.29, 0.717) is 11.3 Å². The zero-order valence-electron chi connectivity index (χ0n) is 13.9. The van der Waals surface area contributed by atoms with Crippen LogP contribution in [0, 0.1) is 0 Å². The number of fused-ring (bicyclic) bond motifs is 1. The van der Waals surface area contributed by atoms with Crippen LogP contribution in [0.3, 0.4) is 0 Å². The quantitative estimate of drug-likeness (QED) is 0.278. The van der Waals surface area contributed by atoms with E-state index in [9.17, 15) is 4.79 Å². The summed E-state index contributed by atoms with van der Waals surface area (Å²) in [6.45, 7) is 0. The number of allylic oxidation sites excluding steroid dienone is 1. The van der Waals surface area contributed by atoms with Gasteiger partial charge in [0.1, 0.15) is 11.5 Å². The standard InChI is InChI=1S/C23H15BrO2/c24-18-10-8-17(9-11-18)23-15-13-19(26-23)12-14-22(25)21-7-3-5-16-4-1-2-6-20(16)21/h1-15H/b14-12+. The normalized spacial score (nSPS) is 11.3. The third kappa shape index (κ3) is 3.39. The Morgan fingerprint density at radius 3 is 2.46 bits per heavy atom. The second-order valence-corrected chi connectivity index (χ2v) is 6.85. The Balaban J connectivity index is 1.58. The molecule has 0 N–H and O–H groups in total. The van der Waals surface area contributed by atoms with Crippen LogP contribution >= 0.6 is 15.9 Å².